The van der Waals surface area contributed by atoms with E-state index in [9.17, 15) is 9.18 Å². The summed E-state index contributed by atoms with van der Waals surface area (Å²) in [5.74, 6) is 0.224. The molecular formula is C20H28FN3O. The van der Waals surface area contributed by atoms with E-state index in [0.717, 1.165) is 70.5 Å². The average molecular weight is 345 g/mol. The van der Waals surface area contributed by atoms with Gasteiger partial charge in [-0.15, -0.1) is 0 Å². The topological polar surface area (TPSA) is 26.8 Å². The fraction of sp³-hybridized carbons (Fsp3) is 0.650. The number of benzene rings is 1. The number of carbonyl (C=O) groups is 1. The van der Waals surface area contributed by atoms with Crippen LogP contribution in [0.15, 0.2) is 24.3 Å². The minimum atomic E-state index is -0.129. The second kappa shape index (κ2) is 6.60. The molecule has 4 nitrogen and oxygen atoms in total. The number of likely N-dealkylation sites (tertiary alicyclic amines) is 2. The molecule has 1 spiro atoms. The Hall–Kier alpha value is -1.62. The molecule has 1 atom stereocenters. The van der Waals surface area contributed by atoms with Crippen LogP contribution < -0.4 is 4.90 Å². The van der Waals surface area contributed by atoms with Crippen LogP contribution >= 0.6 is 0 Å². The molecule has 3 aliphatic rings. The van der Waals surface area contributed by atoms with Crippen molar-refractivity contribution in [1.29, 1.82) is 0 Å². The molecule has 4 rings (SSSR count). The summed E-state index contributed by atoms with van der Waals surface area (Å²) in [5.41, 5.74) is 0.596. The number of para-hydroxylation sites is 1. The Morgan fingerprint density at radius 1 is 1.08 bits per heavy atom. The van der Waals surface area contributed by atoms with Crippen LogP contribution in [0.1, 0.15) is 32.1 Å². The van der Waals surface area contributed by atoms with Crippen molar-refractivity contribution in [2.75, 3.05) is 44.7 Å². The number of anilines is 1. The summed E-state index contributed by atoms with van der Waals surface area (Å²) in [6.07, 6.45) is 5.27. The Morgan fingerprint density at radius 2 is 1.84 bits per heavy atom. The Labute approximate surface area is 149 Å². The van der Waals surface area contributed by atoms with Gasteiger partial charge < -0.3 is 9.80 Å². The highest BCUT2D eigenvalue weighted by molar-refractivity contribution is 5.83. The second-order valence-corrected chi connectivity index (χ2v) is 8.00. The van der Waals surface area contributed by atoms with Crippen molar-refractivity contribution in [2.24, 2.45) is 5.41 Å². The molecular weight excluding hydrogens is 317 g/mol. The van der Waals surface area contributed by atoms with Crippen molar-refractivity contribution in [2.45, 2.75) is 38.1 Å². The van der Waals surface area contributed by atoms with Gasteiger partial charge in [0.25, 0.3) is 0 Å². The SMILES string of the molecule is CN1CCC[C@@]2(CCN(C3CCN(c4ccccc4F)CC3)C2)C1=O. The lowest BCUT2D eigenvalue weighted by Gasteiger charge is -2.40. The quantitative estimate of drug-likeness (QED) is 0.825. The molecule has 3 heterocycles. The number of halogens is 1. The number of amides is 1. The molecule has 5 heteroatoms. The minimum Gasteiger partial charge on any atom is -0.369 e. The molecule has 25 heavy (non-hydrogen) atoms. The van der Waals surface area contributed by atoms with E-state index in [1.807, 2.05) is 24.1 Å². The van der Waals surface area contributed by atoms with Gasteiger partial charge in [-0.25, -0.2) is 4.39 Å². The normalized spacial score (nSPS) is 29.0. The lowest BCUT2D eigenvalue weighted by atomic mass is 9.78. The summed E-state index contributed by atoms with van der Waals surface area (Å²) in [7, 11) is 1.94. The molecule has 0 unspecified atom stereocenters. The summed E-state index contributed by atoms with van der Waals surface area (Å²) >= 11 is 0. The van der Waals surface area contributed by atoms with Crippen LogP contribution in [0.3, 0.4) is 0 Å². The average Bonchev–Trinajstić information content (AvgIpc) is 3.05. The Bertz CT molecular complexity index is 644. The van der Waals surface area contributed by atoms with Gasteiger partial charge in [0.2, 0.25) is 5.91 Å². The van der Waals surface area contributed by atoms with Crippen molar-refractivity contribution in [3.8, 4) is 0 Å². The predicted molar refractivity (Wildman–Crippen MR) is 97.1 cm³/mol. The number of piperidine rings is 2. The van der Waals surface area contributed by atoms with E-state index in [2.05, 4.69) is 9.80 Å². The smallest absolute Gasteiger partial charge is 0.229 e. The maximum absolute atomic E-state index is 14.0. The molecule has 1 amide bonds. The Morgan fingerprint density at radius 3 is 2.60 bits per heavy atom. The Kier molecular flexibility index (Phi) is 4.44. The van der Waals surface area contributed by atoms with E-state index in [1.165, 1.54) is 6.07 Å². The third kappa shape index (κ3) is 3.03. The van der Waals surface area contributed by atoms with Crippen LogP contribution in [0, 0.1) is 11.2 Å². The number of hydrogen-bond donors (Lipinski definition) is 0. The third-order valence-electron chi connectivity index (χ3n) is 6.51. The van der Waals surface area contributed by atoms with E-state index in [0.29, 0.717) is 11.9 Å². The lowest BCUT2D eigenvalue weighted by Crippen LogP contribution is -2.50. The molecule has 3 aliphatic heterocycles. The molecule has 0 aromatic heterocycles. The maximum Gasteiger partial charge on any atom is 0.229 e. The van der Waals surface area contributed by atoms with Gasteiger partial charge in [0, 0.05) is 39.3 Å². The second-order valence-electron chi connectivity index (χ2n) is 8.00. The van der Waals surface area contributed by atoms with Gasteiger partial charge >= 0.3 is 0 Å². The van der Waals surface area contributed by atoms with E-state index in [-0.39, 0.29) is 11.2 Å². The first-order valence-corrected chi connectivity index (χ1v) is 9.58. The minimum absolute atomic E-state index is 0.128. The highest BCUT2D eigenvalue weighted by Gasteiger charge is 2.48. The molecule has 0 radical (unpaired) electrons. The summed E-state index contributed by atoms with van der Waals surface area (Å²) < 4.78 is 14.0. The molecule has 3 fully saturated rings. The number of hydrogen-bond acceptors (Lipinski definition) is 3. The first-order chi connectivity index (χ1) is 12.1. The monoisotopic (exact) mass is 345 g/mol. The fourth-order valence-electron chi connectivity index (χ4n) is 5.04. The van der Waals surface area contributed by atoms with E-state index in [1.54, 1.807) is 6.07 Å². The molecule has 0 aliphatic carbocycles. The van der Waals surface area contributed by atoms with E-state index >= 15 is 0 Å². The fourth-order valence-corrected chi connectivity index (χ4v) is 5.04. The van der Waals surface area contributed by atoms with E-state index < -0.39 is 0 Å². The number of rotatable bonds is 2. The molecule has 136 valence electrons. The number of nitrogens with zero attached hydrogens (tertiary/aromatic N) is 3. The highest BCUT2D eigenvalue weighted by atomic mass is 19.1. The molecule has 3 saturated heterocycles. The predicted octanol–water partition coefficient (Wildman–Crippen LogP) is 2.74. The lowest BCUT2D eigenvalue weighted by molar-refractivity contribution is -0.144. The zero-order chi connectivity index (χ0) is 17.4. The third-order valence-corrected chi connectivity index (χ3v) is 6.51. The van der Waals surface area contributed by atoms with Crippen molar-refractivity contribution in [1.82, 2.24) is 9.80 Å². The molecule has 0 N–H and O–H groups in total. The van der Waals surface area contributed by atoms with Gasteiger partial charge in [-0.05, 0) is 50.8 Å². The summed E-state index contributed by atoms with van der Waals surface area (Å²) in [4.78, 5) is 19.3. The van der Waals surface area contributed by atoms with Crippen LogP contribution in [0.5, 0.6) is 0 Å². The standard InChI is InChI=1S/C20H28FN3O/c1-22-11-4-9-20(19(22)25)10-14-24(15-20)16-7-12-23(13-8-16)18-6-3-2-5-17(18)21/h2-3,5-6,16H,4,7-15H2,1H3/t20-/m0/s1. The van der Waals surface area contributed by atoms with Crippen LogP contribution in [0.4, 0.5) is 10.1 Å². The van der Waals surface area contributed by atoms with Gasteiger partial charge in [-0.2, -0.15) is 0 Å². The van der Waals surface area contributed by atoms with Crippen molar-refractivity contribution < 1.29 is 9.18 Å². The maximum atomic E-state index is 14.0. The zero-order valence-corrected chi connectivity index (χ0v) is 15.1. The van der Waals surface area contributed by atoms with Crippen molar-refractivity contribution >= 4 is 11.6 Å². The van der Waals surface area contributed by atoms with Gasteiger partial charge in [-0.1, -0.05) is 12.1 Å². The van der Waals surface area contributed by atoms with Gasteiger partial charge in [-0.3, -0.25) is 9.69 Å². The zero-order valence-electron chi connectivity index (χ0n) is 15.1. The first kappa shape index (κ1) is 16.8. The van der Waals surface area contributed by atoms with Gasteiger partial charge in [0.15, 0.2) is 0 Å². The van der Waals surface area contributed by atoms with Gasteiger partial charge in [0.05, 0.1) is 11.1 Å². The molecule has 1 aromatic rings. The van der Waals surface area contributed by atoms with Crippen LogP contribution in [-0.2, 0) is 4.79 Å². The summed E-state index contributed by atoms with van der Waals surface area (Å²) in [6, 6.07) is 7.59. The number of carbonyl (C=O) groups excluding carboxylic acids is 1. The largest absolute Gasteiger partial charge is 0.369 e. The van der Waals surface area contributed by atoms with E-state index in [4.69, 9.17) is 0 Å². The van der Waals surface area contributed by atoms with Crippen LogP contribution in [0.25, 0.3) is 0 Å². The molecule has 0 bridgehead atoms. The molecule has 1 aromatic carbocycles. The highest BCUT2D eigenvalue weighted by Crippen LogP contribution is 2.41. The van der Waals surface area contributed by atoms with Crippen LogP contribution in [0.2, 0.25) is 0 Å². The van der Waals surface area contributed by atoms with Crippen molar-refractivity contribution in [3.63, 3.8) is 0 Å². The first-order valence-electron chi connectivity index (χ1n) is 9.58. The summed E-state index contributed by atoms with van der Waals surface area (Å²) in [6.45, 7) is 4.64. The molecule has 0 saturated carbocycles. The van der Waals surface area contributed by atoms with Crippen LogP contribution in [-0.4, -0.2) is 61.5 Å². The van der Waals surface area contributed by atoms with Crippen molar-refractivity contribution in [3.05, 3.63) is 30.1 Å². The Balaban J connectivity index is 1.38. The summed E-state index contributed by atoms with van der Waals surface area (Å²) in [5, 5.41) is 0. The van der Waals surface area contributed by atoms with Gasteiger partial charge in [0.1, 0.15) is 5.82 Å².